The third-order valence-electron chi connectivity index (χ3n) is 3.04. The van der Waals surface area contributed by atoms with Gasteiger partial charge >= 0.3 is 6.03 Å². The van der Waals surface area contributed by atoms with E-state index >= 15 is 0 Å². The average Bonchev–Trinajstić information content (AvgIpc) is 2.38. The van der Waals surface area contributed by atoms with Gasteiger partial charge in [0, 0.05) is 17.8 Å². The SMILES string of the molecule is CC(=O)c1ccc(NC(=O)NCCCCC(C)C)cc1. The number of hydrogen-bond donors (Lipinski definition) is 2. The number of anilines is 1. The fourth-order valence-electron chi connectivity index (χ4n) is 1.84. The number of rotatable bonds is 7. The molecule has 0 unspecified atom stereocenters. The van der Waals surface area contributed by atoms with Crippen molar-refractivity contribution < 1.29 is 9.59 Å². The number of ketones is 1. The molecule has 0 fully saturated rings. The second-order valence-electron chi connectivity index (χ2n) is 5.40. The van der Waals surface area contributed by atoms with E-state index in [1.54, 1.807) is 24.3 Å². The van der Waals surface area contributed by atoms with E-state index in [0.29, 0.717) is 23.7 Å². The number of Topliss-reactive ketones (excluding diaryl/α,β-unsaturated/α-hetero) is 1. The van der Waals surface area contributed by atoms with Crippen molar-refractivity contribution in [1.82, 2.24) is 5.32 Å². The number of benzene rings is 1. The zero-order valence-electron chi connectivity index (χ0n) is 12.5. The summed E-state index contributed by atoms with van der Waals surface area (Å²) in [5.74, 6) is 0.731. The Morgan fingerprint density at radius 1 is 1.10 bits per heavy atom. The molecule has 0 aromatic heterocycles. The van der Waals surface area contributed by atoms with Crippen LogP contribution in [-0.2, 0) is 0 Å². The highest BCUT2D eigenvalue weighted by Crippen LogP contribution is 2.10. The third-order valence-corrected chi connectivity index (χ3v) is 3.04. The number of nitrogens with one attached hydrogen (secondary N) is 2. The summed E-state index contributed by atoms with van der Waals surface area (Å²) in [6.07, 6.45) is 3.32. The largest absolute Gasteiger partial charge is 0.338 e. The molecule has 2 N–H and O–H groups in total. The van der Waals surface area contributed by atoms with E-state index in [4.69, 9.17) is 0 Å². The Balaban J connectivity index is 2.26. The molecule has 1 aromatic carbocycles. The predicted molar refractivity (Wildman–Crippen MR) is 82.2 cm³/mol. The fourth-order valence-corrected chi connectivity index (χ4v) is 1.84. The summed E-state index contributed by atoms with van der Waals surface area (Å²) in [5.41, 5.74) is 1.33. The Labute approximate surface area is 121 Å². The Hall–Kier alpha value is -1.84. The number of hydrogen-bond acceptors (Lipinski definition) is 2. The molecule has 110 valence electrons. The lowest BCUT2D eigenvalue weighted by Gasteiger charge is -2.08. The molecular weight excluding hydrogens is 252 g/mol. The van der Waals surface area contributed by atoms with Crippen LogP contribution >= 0.6 is 0 Å². The van der Waals surface area contributed by atoms with Gasteiger partial charge in [0.05, 0.1) is 0 Å². The number of carbonyl (C=O) groups excluding carboxylic acids is 2. The molecule has 4 nitrogen and oxygen atoms in total. The highest BCUT2D eigenvalue weighted by Gasteiger charge is 2.03. The summed E-state index contributed by atoms with van der Waals surface area (Å²) in [7, 11) is 0. The molecule has 0 saturated carbocycles. The molecule has 0 atom stereocenters. The number of carbonyl (C=O) groups is 2. The third kappa shape index (κ3) is 6.36. The molecule has 0 spiro atoms. The van der Waals surface area contributed by atoms with Gasteiger partial charge in [0.1, 0.15) is 0 Å². The van der Waals surface area contributed by atoms with Crippen LogP contribution < -0.4 is 10.6 Å². The van der Waals surface area contributed by atoms with E-state index in [0.717, 1.165) is 12.8 Å². The van der Waals surface area contributed by atoms with Gasteiger partial charge in [-0.2, -0.15) is 0 Å². The van der Waals surface area contributed by atoms with Crippen LogP contribution in [0.25, 0.3) is 0 Å². The molecule has 4 heteroatoms. The normalized spacial score (nSPS) is 10.4. The van der Waals surface area contributed by atoms with Crippen LogP contribution in [0.5, 0.6) is 0 Å². The van der Waals surface area contributed by atoms with Gasteiger partial charge in [-0.05, 0) is 43.5 Å². The van der Waals surface area contributed by atoms with Gasteiger partial charge < -0.3 is 10.6 Å². The molecule has 1 rings (SSSR count). The van der Waals surface area contributed by atoms with Crippen LogP contribution in [0.3, 0.4) is 0 Å². The second kappa shape index (κ2) is 8.35. The summed E-state index contributed by atoms with van der Waals surface area (Å²) in [4.78, 5) is 22.8. The Morgan fingerprint density at radius 3 is 2.30 bits per heavy atom. The van der Waals surface area contributed by atoms with Crippen molar-refractivity contribution in [2.75, 3.05) is 11.9 Å². The molecule has 20 heavy (non-hydrogen) atoms. The molecule has 0 aliphatic heterocycles. The lowest BCUT2D eigenvalue weighted by molar-refractivity contribution is 0.101. The molecule has 0 aliphatic carbocycles. The summed E-state index contributed by atoms with van der Waals surface area (Å²) in [6, 6.07) is 6.68. The van der Waals surface area contributed by atoms with Gasteiger partial charge in [-0.25, -0.2) is 4.79 Å². The van der Waals surface area contributed by atoms with E-state index < -0.39 is 0 Å². The van der Waals surface area contributed by atoms with E-state index in [1.807, 2.05) is 0 Å². The molecule has 2 amide bonds. The average molecular weight is 276 g/mol. The summed E-state index contributed by atoms with van der Waals surface area (Å²) < 4.78 is 0. The van der Waals surface area contributed by atoms with Crippen molar-refractivity contribution in [1.29, 1.82) is 0 Å². The maximum atomic E-state index is 11.6. The standard InChI is InChI=1S/C16H24N2O2/c1-12(2)6-4-5-11-17-16(20)18-15-9-7-14(8-10-15)13(3)19/h7-10,12H,4-6,11H2,1-3H3,(H2,17,18,20). The first-order valence-corrected chi connectivity index (χ1v) is 7.15. The molecule has 1 aromatic rings. The molecule has 0 heterocycles. The highest BCUT2D eigenvalue weighted by atomic mass is 16.2. The van der Waals surface area contributed by atoms with E-state index in [-0.39, 0.29) is 11.8 Å². The monoisotopic (exact) mass is 276 g/mol. The van der Waals surface area contributed by atoms with Crippen molar-refractivity contribution in [2.24, 2.45) is 5.92 Å². The van der Waals surface area contributed by atoms with E-state index in [2.05, 4.69) is 24.5 Å². The molecular formula is C16H24N2O2. The predicted octanol–water partition coefficient (Wildman–Crippen LogP) is 3.84. The maximum absolute atomic E-state index is 11.6. The van der Waals surface area contributed by atoms with Crippen LogP contribution in [0.4, 0.5) is 10.5 Å². The summed E-state index contributed by atoms with van der Waals surface area (Å²) >= 11 is 0. The fraction of sp³-hybridized carbons (Fsp3) is 0.500. The van der Waals surface area contributed by atoms with Gasteiger partial charge in [0.25, 0.3) is 0 Å². The summed E-state index contributed by atoms with van der Waals surface area (Å²) in [6.45, 7) is 6.60. The topological polar surface area (TPSA) is 58.2 Å². The van der Waals surface area contributed by atoms with Crippen LogP contribution in [0.2, 0.25) is 0 Å². The lowest BCUT2D eigenvalue weighted by atomic mass is 10.1. The Morgan fingerprint density at radius 2 is 1.75 bits per heavy atom. The van der Waals surface area contributed by atoms with Crippen molar-refractivity contribution in [3.63, 3.8) is 0 Å². The van der Waals surface area contributed by atoms with Gasteiger partial charge in [-0.15, -0.1) is 0 Å². The van der Waals surface area contributed by atoms with Gasteiger partial charge in [0.15, 0.2) is 5.78 Å². The molecule has 0 aliphatic rings. The Bertz CT molecular complexity index is 438. The number of urea groups is 1. The van der Waals surface area contributed by atoms with Crippen molar-refractivity contribution in [3.05, 3.63) is 29.8 Å². The van der Waals surface area contributed by atoms with Crippen molar-refractivity contribution in [3.8, 4) is 0 Å². The first-order chi connectivity index (χ1) is 9.49. The van der Waals surface area contributed by atoms with Crippen LogP contribution in [0, 0.1) is 5.92 Å². The Kier molecular flexibility index (Phi) is 6.77. The first-order valence-electron chi connectivity index (χ1n) is 7.15. The number of amides is 2. The molecule has 0 saturated heterocycles. The quantitative estimate of drug-likeness (QED) is 0.587. The zero-order chi connectivity index (χ0) is 15.0. The minimum absolute atomic E-state index is 0.0196. The smallest absolute Gasteiger partial charge is 0.319 e. The maximum Gasteiger partial charge on any atom is 0.319 e. The van der Waals surface area contributed by atoms with Crippen LogP contribution in [0.15, 0.2) is 24.3 Å². The first kappa shape index (κ1) is 16.2. The summed E-state index contributed by atoms with van der Waals surface area (Å²) in [5, 5.41) is 5.57. The van der Waals surface area contributed by atoms with E-state index in [1.165, 1.54) is 13.3 Å². The van der Waals surface area contributed by atoms with Crippen LogP contribution in [0.1, 0.15) is 50.4 Å². The van der Waals surface area contributed by atoms with Gasteiger partial charge in [-0.3, -0.25) is 4.79 Å². The zero-order valence-corrected chi connectivity index (χ0v) is 12.5. The van der Waals surface area contributed by atoms with Gasteiger partial charge in [-0.1, -0.05) is 26.7 Å². The van der Waals surface area contributed by atoms with Gasteiger partial charge in [0.2, 0.25) is 0 Å². The second-order valence-corrected chi connectivity index (χ2v) is 5.40. The molecule has 0 bridgehead atoms. The highest BCUT2D eigenvalue weighted by molar-refractivity contribution is 5.95. The minimum atomic E-state index is -0.204. The van der Waals surface area contributed by atoms with Crippen molar-refractivity contribution in [2.45, 2.75) is 40.0 Å². The number of unbranched alkanes of at least 4 members (excludes halogenated alkanes) is 1. The van der Waals surface area contributed by atoms with Crippen LogP contribution in [-0.4, -0.2) is 18.4 Å². The minimum Gasteiger partial charge on any atom is -0.338 e. The van der Waals surface area contributed by atoms with E-state index in [9.17, 15) is 9.59 Å². The molecule has 0 radical (unpaired) electrons. The van der Waals surface area contributed by atoms with Crippen molar-refractivity contribution >= 4 is 17.5 Å². The lowest BCUT2D eigenvalue weighted by Crippen LogP contribution is -2.29.